The van der Waals surface area contributed by atoms with Crippen LogP contribution in [0.5, 0.6) is 0 Å². The second-order valence-electron chi connectivity index (χ2n) is 8.68. The minimum atomic E-state index is 0.0993. The van der Waals surface area contributed by atoms with Gasteiger partial charge in [-0.1, -0.05) is 32.9 Å². The first kappa shape index (κ1) is 19.1. The zero-order valence-electron chi connectivity index (χ0n) is 16.9. The van der Waals surface area contributed by atoms with Gasteiger partial charge >= 0.3 is 0 Å². The van der Waals surface area contributed by atoms with E-state index < -0.39 is 0 Å². The zero-order chi connectivity index (χ0) is 19.7. The van der Waals surface area contributed by atoms with E-state index in [-0.39, 0.29) is 11.3 Å². The summed E-state index contributed by atoms with van der Waals surface area (Å²) >= 11 is 1.78. The summed E-state index contributed by atoms with van der Waals surface area (Å²) in [4.78, 5) is 27.4. The maximum absolute atomic E-state index is 12.6. The molecule has 1 aromatic carbocycles. The largest absolute Gasteiger partial charge is 0.343 e. The van der Waals surface area contributed by atoms with Crippen molar-refractivity contribution in [3.05, 3.63) is 46.2 Å². The van der Waals surface area contributed by atoms with Crippen LogP contribution in [0.2, 0.25) is 0 Å². The van der Waals surface area contributed by atoms with Crippen molar-refractivity contribution in [2.24, 2.45) is 0 Å². The van der Waals surface area contributed by atoms with Gasteiger partial charge in [0.05, 0.1) is 21.7 Å². The monoisotopic (exact) mass is 396 g/mol. The Labute approximate surface area is 170 Å². The average Bonchev–Trinajstić information content (AvgIpc) is 3.33. The number of nitrogens with zero attached hydrogens (tertiary/aromatic N) is 3. The van der Waals surface area contributed by atoms with E-state index in [9.17, 15) is 4.79 Å². The number of fused-ring (bicyclic) bond motifs is 1. The molecule has 0 radical (unpaired) electrons. The van der Waals surface area contributed by atoms with Crippen LogP contribution >= 0.6 is 11.3 Å². The first-order valence-corrected chi connectivity index (χ1v) is 11.0. The molecule has 0 unspecified atom stereocenters. The van der Waals surface area contributed by atoms with E-state index in [1.165, 1.54) is 10.7 Å². The molecule has 0 aliphatic carbocycles. The molecule has 1 aliphatic heterocycles. The number of aromatic amines is 1. The Kier molecular flexibility index (Phi) is 5.23. The number of nitrogens with one attached hydrogen (secondary N) is 1. The van der Waals surface area contributed by atoms with E-state index in [1.807, 2.05) is 29.2 Å². The smallest absolute Gasteiger partial charge is 0.223 e. The number of rotatable bonds is 4. The highest BCUT2D eigenvalue weighted by atomic mass is 32.1. The number of carbonyl (C=O) groups is 1. The van der Waals surface area contributed by atoms with Crippen LogP contribution in [0.3, 0.4) is 0 Å². The number of carbonyl (C=O) groups excluding carboxylic acids is 1. The number of hydrogen-bond donors (Lipinski definition) is 1. The van der Waals surface area contributed by atoms with Gasteiger partial charge < -0.3 is 9.88 Å². The standard InChI is InChI=1S/C22H28N4OS/c1-22(2,3)18-14-28-21(25-18)15-10-12-26(13-11-15)20(27)9-8-19-23-16-6-4-5-7-17(16)24-19/h4-7,14-15H,8-13H2,1-3H3,(H,23,24). The second kappa shape index (κ2) is 7.66. The highest BCUT2D eigenvalue weighted by Crippen LogP contribution is 2.33. The first-order valence-electron chi connectivity index (χ1n) is 10.1. The molecule has 0 bridgehead atoms. The van der Waals surface area contributed by atoms with Crippen molar-refractivity contribution < 1.29 is 4.79 Å². The van der Waals surface area contributed by atoms with Gasteiger partial charge in [0.1, 0.15) is 5.82 Å². The van der Waals surface area contributed by atoms with Gasteiger partial charge in [-0.3, -0.25) is 4.79 Å². The van der Waals surface area contributed by atoms with E-state index >= 15 is 0 Å². The van der Waals surface area contributed by atoms with Crippen LogP contribution in [-0.2, 0) is 16.6 Å². The summed E-state index contributed by atoms with van der Waals surface area (Å²) in [6, 6.07) is 7.98. The molecular weight excluding hydrogens is 368 g/mol. The Morgan fingerprint density at radius 1 is 1.21 bits per heavy atom. The highest BCUT2D eigenvalue weighted by molar-refractivity contribution is 7.09. The van der Waals surface area contributed by atoms with Gasteiger partial charge in [-0.15, -0.1) is 11.3 Å². The van der Waals surface area contributed by atoms with Crippen molar-refractivity contribution in [1.29, 1.82) is 0 Å². The van der Waals surface area contributed by atoms with Gasteiger partial charge in [-0.2, -0.15) is 0 Å². The van der Waals surface area contributed by atoms with Crippen LogP contribution in [0.15, 0.2) is 29.6 Å². The molecule has 1 fully saturated rings. The van der Waals surface area contributed by atoms with E-state index in [4.69, 9.17) is 4.98 Å². The van der Waals surface area contributed by atoms with Gasteiger partial charge in [0.15, 0.2) is 0 Å². The molecule has 1 amide bonds. The lowest BCUT2D eigenvalue weighted by Crippen LogP contribution is -2.38. The second-order valence-corrected chi connectivity index (χ2v) is 9.57. The minimum absolute atomic E-state index is 0.0993. The predicted octanol–water partition coefficient (Wildman–Crippen LogP) is 4.66. The van der Waals surface area contributed by atoms with E-state index in [1.54, 1.807) is 11.3 Å². The topological polar surface area (TPSA) is 61.9 Å². The summed E-state index contributed by atoms with van der Waals surface area (Å²) in [6.45, 7) is 8.27. The molecule has 0 atom stereocenters. The molecule has 148 valence electrons. The SMILES string of the molecule is CC(C)(C)c1csc(C2CCN(C(=O)CCc3nc4ccccc4[nH]3)CC2)n1. The van der Waals surface area contributed by atoms with E-state index in [2.05, 4.69) is 36.1 Å². The number of piperidine rings is 1. The van der Waals surface area contributed by atoms with Crippen molar-refractivity contribution in [3.8, 4) is 0 Å². The van der Waals surface area contributed by atoms with E-state index in [0.717, 1.165) is 42.8 Å². The number of amides is 1. The number of aromatic nitrogens is 3. The van der Waals surface area contributed by atoms with Crippen LogP contribution < -0.4 is 0 Å². The lowest BCUT2D eigenvalue weighted by molar-refractivity contribution is -0.132. The van der Waals surface area contributed by atoms with Crippen molar-refractivity contribution in [1.82, 2.24) is 19.9 Å². The number of hydrogen-bond acceptors (Lipinski definition) is 4. The van der Waals surface area contributed by atoms with Gasteiger partial charge in [-0.25, -0.2) is 9.97 Å². The third-order valence-electron chi connectivity index (χ3n) is 5.50. The molecular formula is C22H28N4OS. The number of para-hydroxylation sites is 2. The molecule has 6 heteroatoms. The Hall–Kier alpha value is -2.21. The van der Waals surface area contributed by atoms with Gasteiger partial charge in [-0.05, 0) is 25.0 Å². The molecule has 1 saturated heterocycles. The van der Waals surface area contributed by atoms with E-state index in [0.29, 0.717) is 18.8 Å². The molecule has 28 heavy (non-hydrogen) atoms. The Bertz CT molecular complexity index is 927. The summed E-state index contributed by atoms with van der Waals surface area (Å²) in [5.74, 6) is 1.61. The highest BCUT2D eigenvalue weighted by Gasteiger charge is 2.27. The summed E-state index contributed by atoms with van der Waals surface area (Å²) in [7, 11) is 0. The maximum atomic E-state index is 12.6. The Morgan fingerprint density at radius 2 is 1.96 bits per heavy atom. The lowest BCUT2D eigenvalue weighted by Gasteiger charge is -2.31. The molecule has 0 saturated carbocycles. The van der Waals surface area contributed by atoms with Crippen LogP contribution in [0, 0.1) is 0 Å². The third kappa shape index (κ3) is 4.12. The van der Waals surface area contributed by atoms with Crippen LogP contribution in [0.25, 0.3) is 11.0 Å². The molecule has 1 aliphatic rings. The summed E-state index contributed by atoms with van der Waals surface area (Å²) < 4.78 is 0. The summed E-state index contributed by atoms with van der Waals surface area (Å²) in [6.07, 6.45) is 3.19. The minimum Gasteiger partial charge on any atom is -0.343 e. The Balaban J connectivity index is 1.29. The lowest BCUT2D eigenvalue weighted by atomic mass is 9.93. The first-order chi connectivity index (χ1) is 13.4. The number of likely N-dealkylation sites (tertiary alicyclic amines) is 1. The Morgan fingerprint density at radius 3 is 2.64 bits per heavy atom. The molecule has 2 aromatic heterocycles. The number of benzene rings is 1. The van der Waals surface area contributed by atoms with Crippen LogP contribution in [0.1, 0.15) is 62.5 Å². The summed E-state index contributed by atoms with van der Waals surface area (Å²) in [5, 5.41) is 3.43. The van der Waals surface area contributed by atoms with Gasteiger partial charge in [0.25, 0.3) is 0 Å². The zero-order valence-corrected chi connectivity index (χ0v) is 17.7. The fourth-order valence-electron chi connectivity index (χ4n) is 3.70. The number of imidazole rings is 1. The normalized spacial score (nSPS) is 16.0. The number of H-pyrrole nitrogens is 1. The maximum Gasteiger partial charge on any atom is 0.223 e. The molecule has 4 rings (SSSR count). The predicted molar refractivity (Wildman–Crippen MR) is 114 cm³/mol. The summed E-state index contributed by atoms with van der Waals surface area (Å²) in [5.41, 5.74) is 3.27. The molecule has 5 nitrogen and oxygen atoms in total. The third-order valence-corrected chi connectivity index (χ3v) is 6.51. The quantitative estimate of drug-likeness (QED) is 0.698. The van der Waals surface area contributed by atoms with Crippen molar-refractivity contribution >= 4 is 28.3 Å². The van der Waals surface area contributed by atoms with Crippen molar-refractivity contribution in [2.45, 2.75) is 57.8 Å². The van der Waals surface area contributed by atoms with Crippen molar-refractivity contribution in [2.75, 3.05) is 13.1 Å². The molecule has 1 N–H and O–H groups in total. The fourth-order valence-corrected chi connectivity index (χ4v) is 4.92. The average molecular weight is 397 g/mol. The van der Waals surface area contributed by atoms with Gasteiger partial charge in [0, 0.05) is 42.6 Å². The van der Waals surface area contributed by atoms with Crippen molar-refractivity contribution in [3.63, 3.8) is 0 Å². The number of thiazole rings is 1. The molecule has 0 spiro atoms. The molecule has 3 aromatic rings. The van der Waals surface area contributed by atoms with Crippen LogP contribution in [0.4, 0.5) is 0 Å². The van der Waals surface area contributed by atoms with Gasteiger partial charge in [0.2, 0.25) is 5.91 Å². The van der Waals surface area contributed by atoms with Crippen LogP contribution in [-0.4, -0.2) is 38.8 Å². The molecule has 3 heterocycles. The number of aryl methyl sites for hydroxylation is 1. The fraction of sp³-hybridized carbons (Fsp3) is 0.500.